The molecule has 0 aromatic heterocycles. The second-order valence-electron chi connectivity index (χ2n) is 7.35. The highest BCUT2D eigenvalue weighted by molar-refractivity contribution is 5.90. The fourth-order valence-electron chi connectivity index (χ4n) is 2.93. The Bertz CT molecular complexity index is 936. The molecular formula is C26H33NO6. The minimum atomic E-state index is -1.12. The van der Waals surface area contributed by atoms with Gasteiger partial charge in [0.1, 0.15) is 0 Å². The minimum absolute atomic E-state index is 0.0169. The number of hydrogen-bond acceptors (Lipinski definition) is 5. The number of nitrogens with one attached hydrogen (secondary N) is 1. The molecule has 2 N–H and O–H groups in total. The van der Waals surface area contributed by atoms with Crippen LogP contribution in [-0.4, -0.2) is 36.8 Å². The van der Waals surface area contributed by atoms with Gasteiger partial charge in [0.25, 0.3) is 0 Å². The van der Waals surface area contributed by atoms with E-state index in [0.29, 0.717) is 43.1 Å². The zero-order valence-corrected chi connectivity index (χ0v) is 19.6. The van der Waals surface area contributed by atoms with Crippen molar-refractivity contribution in [1.29, 1.82) is 0 Å². The number of carbonyl (C=O) groups excluding carboxylic acids is 1. The first kappa shape index (κ1) is 25.8. The zero-order chi connectivity index (χ0) is 24.1. The third kappa shape index (κ3) is 8.88. The Morgan fingerprint density at radius 2 is 1.70 bits per heavy atom. The molecule has 0 saturated heterocycles. The molecule has 2 aromatic carbocycles. The van der Waals surface area contributed by atoms with Crippen LogP contribution in [0.25, 0.3) is 6.08 Å². The Morgan fingerprint density at radius 1 is 0.970 bits per heavy atom. The summed E-state index contributed by atoms with van der Waals surface area (Å²) >= 11 is 0. The summed E-state index contributed by atoms with van der Waals surface area (Å²) in [5.41, 5.74) is 2.51. The normalized spacial score (nSPS) is 11.1. The van der Waals surface area contributed by atoms with Gasteiger partial charge in [-0.15, -0.1) is 0 Å². The number of hydrogen-bond donors (Lipinski definition) is 2. The van der Waals surface area contributed by atoms with Crippen molar-refractivity contribution in [1.82, 2.24) is 0 Å². The molecule has 7 heteroatoms. The standard InChI is InChI=1S/C26H33NO6/c1-4-7-15-32-23-17-20(18-24(26(29)30)31-6-3)10-13-22(23)33-16-14-19-8-11-21(12-9-19)27-25(28)5-2/h8-13,17-18H,4-7,14-16H2,1-3H3,(H,27,28)(H,29,30)/b24-18+. The maximum atomic E-state index is 11.5. The third-order valence-corrected chi connectivity index (χ3v) is 4.74. The maximum absolute atomic E-state index is 11.5. The van der Waals surface area contributed by atoms with Crippen molar-refractivity contribution in [3.05, 3.63) is 59.4 Å². The number of aliphatic carboxylic acids is 1. The number of carboxylic acid groups (broad SMARTS) is 1. The van der Waals surface area contributed by atoms with E-state index < -0.39 is 5.97 Å². The molecule has 1 amide bonds. The molecule has 0 aliphatic heterocycles. The molecule has 0 aliphatic carbocycles. The van der Waals surface area contributed by atoms with E-state index in [1.165, 1.54) is 6.08 Å². The summed E-state index contributed by atoms with van der Waals surface area (Å²) in [4.78, 5) is 22.8. The molecule has 0 bridgehead atoms. The van der Waals surface area contributed by atoms with Crippen LogP contribution < -0.4 is 14.8 Å². The average Bonchev–Trinajstić information content (AvgIpc) is 2.81. The summed E-state index contributed by atoms with van der Waals surface area (Å²) in [5, 5.41) is 12.1. The number of carbonyl (C=O) groups is 2. The van der Waals surface area contributed by atoms with Gasteiger partial charge in [0.05, 0.1) is 19.8 Å². The highest BCUT2D eigenvalue weighted by Crippen LogP contribution is 2.30. The highest BCUT2D eigenvalue weighted by Gasteiger charge is 2.11. The van der Waals surface area contributed by atoms with E-state index in [9.17, 15) is 14.7 Å². The van der Waals surface area contributed by atoms with E-state index in [4.69, 9.17) is 14.2 Å². The van der Waals surface area contributed by atoms with Gasteiger partial charge in [0.2, 0.25) is 11.7 Å². The number of amides is 1. The topological polar surface area (TPSA) is 94.1 Å². The number of rotatable bonds is 14. The molecule has 7 nitrogen and oxygen atoms in total. The first-order valence-corrected chi connectivity index (χ1v) is 11.3. The number of ether oxygens (including phenoxy) is 3. The predicted molar refractivity (Wildman–Crippen MR) is 129 cm³/mol. The third-order valence-electron chi connectivity index (χ3n) is 4.74. The van der Waals surface area contributed by atoms with Gasteiger partial charge in [-0.1, -0.05) is 38.5 Å². The molecule has 2 rings (SSSR count). The van der Waals surface area contributed by atoms with E-state index in [-0.39, 0.29) is 18.3 Å². The van der Waals surface area contributed by atoms with Crippen LogP contribution in [0.1, 0.15) is 51.2 Å². The Labute approximate surface area is 195 Å². The molecule has 0 aliphatic rings. The Hall–Kier alpha value is -3.48. The van der Waals surface area contributed by atoms with Crippen LogP contribution in [0.3, 0.4) is 0 Å². The van der Waals surface area contributed by atoms with Crippen molar-refractivity contribution >= 4 is 23.6 Å². The lowest BCUT2D eigenvalue weighted by atomic mass is 10.1. The van der Waals surface area contributed by atoms with Crippen molar-refractivity contribution < 1.29 is 28.9 Å². The van der Waals surface area contributed by atoms with Crippen LogP contribution in [-0.2, 0) is 20.7 Å². The predicted octanol–water partition coefficient (Wildman–Crippen LogP) is 5.30. The molecule has 0 spiro atoms. The molecule has 33 heavy (non-hydrogen) atoms. The van der Waals surface area contributed by atoms with Gasteiger partial charge >= 0.3 is 5.97 Å². The molecule has 2 aromatic rings. The molecule has 0 saturated carbocycles. The summed E-state index contributed by atoms with van der Waals surface area (Å²) < 4.78 is 17.1. The summed E-state index contributed by atoms with van der Waals surface area (Å²) in [7, 11) is 0. The second kappa shape index (κ2) is 13.8. The van der Waals surface area contributed by atoms with Crippen molar-refractivity contribution in [3.8, 4) is 11.5 Å². The number of carboxylic acids is 1. The SMILES string of the molecule is CCCCOc1cc(/C=C(/OCC)C(=O)O)ccc1OCCc1ccc(NC(=O)CC)cc1. The lowest BCUT2D eigenvalue weighted by Crippen LogP contribution is -2.09. The second-order valence-corrected chi connectivity index (χ2v) is 7.35. The van der Waals surface area contributed by atoms with E-state index in [2.05, 4.69) is 12.2 Å². The molecular weight excluding hydrogens is 422 g/mol. The maximum Gasteiger partial charge on any atom is 0.371 e. The van der Waals surface area contributed by atoms with Gasteiger partial charge in [0.15, 0.2) is 11.5 Å². The first-order chi connectivity index (χ1) is 16.0. The zero-order valence-electron chi connectivity index (χ0n) is 19.6. The quantitative estimate of drug-likeness (QED) is 0.228. The van der Waals surface area contributed by atoms with Gasteiger partial charge < -0.3 is 24.6 Å². The molecule has 0 unspecified atom stereocenters. The molecule has 178 valence electrons. The van der Waals surface area contributed by atoms with Gasteiger partial charge in [-0.3, -0.25) is 4.79 Å². The van der Waals surface area contributed by atoms with Gasteiger partial charge in [-0.25, -0.2) is 4.79 Å². The van der Waals surface area contributed by atoms with E-state index >= 15 is 0 Å². The van der Waals surface area contributed by atoms with Crippen LogP contribution in [0, 0.1) is 0 Å². The van der Waals surface area contributed by atoms with Crippen LogP contribution >= 0.6 is 0 Å². The summed E-state index contributed by atoms with van der Waals surface area (Å²) in [6.45, 7) is 6.89. The number of anilines is 1. The van der Waals surface area contributed by atoms with Crippen LogP contribution in [0.2, 0.25) is 0 Å². The molecule has 0 heterocycles. The van der Waals surface area contributed by atoms with Gasteiger partial charge in [0, 0.05) is 18.5 Å². The van der Waals surface area contributed by atoms with Crippen LogP contribution in [0.15, 0.2) is 48.2 Å². The smallest absolute Gasteiger partial charge is 0.371 e. The van der Waals surface area contributed by atoms with Gasteiger partial charge in [-0.05, 0) is 54.8 Å². The lowest BCUT2D eigenvalue weighted by Gasteiger charge is -2.14. The van der Waals surface area contributed by atoms with Crippen molar-refractivity contribution in [2.75, 3.05) is 25.1 Å². The summed E-state index contributed by atoms with van der Waals surface area (Å²) in [6, 6.07) is 13.0. The van der Waals surface area contributed by atoms with E-state index in [1.807, 2.05) is 31.2 Å². The van der Waals surface area contributed by atoms with Crippen molar-refractivity contribution in [2.45, 2.75) is 46.5 Å². The van der Waals surface area contributed by atoms with Crippen LogP contribution in [0.5, 0.6) is 11.5 Å². The molecule has 0 radical (unpaired) electrons. The van der Waals surface area contributed by atoms with Crippen molar-refractivity contribution in [2.24, 2.45) is 0 Å². The Kier molecular flexibility index (Phi) is 10.8. The lowest BCUT2D eigenvalue weighted by molar-refractivity contribution is -0.136. The van der Waals surface area contributed by atoms with E-state index in [1.54, 1.807) is 25.1 Å². The Balaban J connectivity index is 2.07. The molecule has 0 atom stereocenters. The average molecular weight is 456 g/mol. The minimum Gasteiger partial charge on any atom is -0.490 e. The summed E-state index contributed by atoms with van der Waals surface area (Å²) in [6.07, 6.45) is 4.50. The highest BCUT2D eigenvalue weighted by atomic mass is 16.5. The molecule has 0 fully saturated rings. The Morgan fingerprint density at radius 3 is 2.33 bits per heavy atom. The first-order valence-electron chi connectivity index (χ1n) is 11.3. The van der Waals surface area contributed by atoms with Crippen molar-refractivity contribution in [3.63, 3.8) is 0 Å². The largest absolute Gasteiger partial charge is 0.490 e. The number of unbranched alkanes of at least 4 members (excludes halogenated alkanes) is 1. The van der Waals surface area contributed by atoms with E-state index in [0.717, 1.165) is 24.1 Å². The fraction of sp³-hybridized carbons (Fsp3) is 0.385. The summed E-state index contributed by atoms with van der Waals surface area (Å²) in [5.74, 6) is -0.0914. The fourth-order valence-corrected chi connectivity index (χ4v) is 2.93. The van der Waals surface area contributed by atoms with Crippen LogP contribution in [0.4, 0.5) is 5.69 Å². The monoisotopic (exact) mass is 455 g/mol. The van der Waals surface area contributed by atoms with Gasteiger partial charge in [-0.2, -0.15) is 0 Å². The number of benzene rings is 2.